The number of halogens is 3. The molecule has 0 saturated carbocycles. The van der Waals surface area contributed by atoms with Crippen molar-refractivity contribution in [1.82, 2.24) is 10.3 Å². The van der Waals surface area contributed by atoms with Crippen molar-refractivity contribution < 1.29 is 18.0 Å². The molecule has 0 saturated heterocycles. The number of hydrogen-bond donors (Lipinski definition) is 2. The Morgan fingerprint density at radius 3 is 2.38 bits per heavy atom. The summed E-state index contributed by atoms with van der Waals surface area (Å²) in [6.07, 6.45) is -4.31. The first-order valence-corrected chi connectivity index (χ1v) is 3.55. The molecule has 4 nitrogen and oxygen atoms in total. The second kappa shape index (κ2) is 4.43. The van der Waals surface area contributed by atoms with E-state index >= 15 is 0 Å². The molecule has 78 valence electrons. The summed E-state index contributed by atoms with van der Waals surface area (Å²) < 4.78 is 35.5. The molecule has 0 aromatic carbocycles. The van der Waals surface area contributed by atoms with Gasteiger partial charge in [-0.15, -0.1) is 0 Å². The van der Waals surface area contributed by atoms with Gasteiger partial charge in [0.25, 0.3) is 5.91 Å². The number of likely N-dealkylation sites (N-methyl/N-ethyl adjacent to an activating group) is 1. The number of nitrogens with one attached hydrogen (secondary N) is 1. The Morgan fingerprint density at radius 1 is 1.62 bits per heavy atom. The van der Waals surface area contributed by atoms with E-state index in [1.54, 1.807) is 5.43 Å². The maximum Gasteiger partial charge on any atom is 0.401 e. The van der Waals surface area contributed by atoms with E-state index < -0.39 is 24.7 Å². The van der Waals surface area contributed by atoms with Crippen LogP contribution in [0.4, 0.5) is 13.2 Å². The molecule has 0 spiro atoms. The standard InChI is InChI=1S/C6H12F3N3O/c1-4(5(13)11-10)12(2)3-6(7,8)9/h4H,3,10H2,1-2H3,(H,11,13). The molecule has 13 heavy (non-hydrogen) atoms. The number of carbonyl (C=O) groups excluding carboxylic acids is 1. The SMILES string of the molecule is CC(C(=O)NN)N(C)CC(F)(F)F. The molecule has 0 rings (SSSR count). The number of amides is 1. The van der Waals surface area contributed by atoms with Gasteiger partial charge in [-0.3, -0.25) is 15.1 Å². The summed E-state index contributed by atoms with van der Waals surface area (Å²) in [5.41, 5.74) is 1.78. The van der Waals surface area contributed by atoms with Crippen molar-refractivity contribution in [3.63, 3.8) is 0 Å². The van der Waals surface area contributed by atoms with Crippen LogP contribution in [0.3, 0.4) is 0 Å². The normalized spacial score (nSPS) is 14.4. The molecule has 1 unspecified atom stereocenters. The zero-order valence-corrected chi connectivity index (χ0v) is 7.35. The third-order valence-corrected chi connectivity index (χ3v) is 1.61. The van der Waals surface area contributed by atoms with Gasteiger partial charge < -0.3 is 0 Å². The van der Waals surface area contributed by atoms with Gasteiger partial charge in [-0.25, -0.2) is 5.84 Å². The van der Waals surface area contributed by atoms with Crippen molar-refractivity contribution in [2.45, 2.75) is 19.1 Å². The van der Waals surface area contributed by atoms with E-state index in [0.717, 1.165) is 4.90 Å². The van der Waals surface area contributed by atoms with Gasteiger partial charge in [0.2, 0.25) is 0 Å². The van der Waals surface area contributed by atoms with E-state index in [0.29, 0.717) is 0 Å². The molecule has 1 atom stereocenters. The zero-order chi connectivity index (χ0) is 10.6. The van der Waals surface area contributed by atoms with Crippen LogP contribution in [0.15, 0.2) is 0 Å². The number of rotatable bonds is 3. The van der Waals surface area contributed by atoms with Crippen LogP contribution in [-0.2, 0) is 4.79 Å². The molecule has 0 heterocycles. The van der Waals surface area contributed by atoms with E-state index in [1.807, 2.05) is 0 Å². The highest BCUT2D eigenvalue weighted by Gasteiger charge is 2.32. The van der Waals surface area contributed by atoms with Gasteiger partial charge in [0, 0.05) is 0 Å². The van der Waals surface area contributed by atoms with Crippen LogP contribution >= 0.6 is 0 Å². The number of hydrazine groups is 1. The first-order chi connectivity index (χ1) is 5.78. The number of hydrogen-bond acceptors (Lipinski definition) is 3. The lowest BCUT2D eigenvalue weighted by Gasteiger charge is -2.23. The smallest absolute Gasteiger partial charge is 0.293 e. The lowest BCUT2D eigenvalue weighted by Crippen LogP contribution is -2.48. The van der Waals surface area contributed by atoms with Crippen LogP contribution in [0.1, 0.15) is 6.92 Å². The molecular weight excluding hydrogens is 187 g/mol. The minimum absolute atomic E-state index is 0.647. The summed E-state index contributed by atoms with van der Waals surface area (Å²) in [5, 5.41) is 0. The highest BCUT2D eigenvalue weighted by Crippen LogP contribution is 2.16. The Kier molecular flexibility index (Phi) is 4.15. The second-order valence-electron chi connectivity index (χ2n) is 2.71. The van der Waals surface area contributed by atoms with E-state index in [4.69, 9.17) is 5.84 Å². The number of alkyl halides is 3. The molecule has 7 heteroatoms. The lowest BCUT2D eigenvalue weighted by molar-refractivity contribution is -0.151. The predicted molar refractivity (Wildman–Crippen MR) is 40.5 cm³/mol. The van der Waals surface area contributed by atoms with E-state index in [2.05, 4.69) is 0 Å². The number of nitrogens with two attached hydrogens (primary N) is 1. The van der Waals surface area contributed by atoms with E-state index in [9.17, 15) is 18.0 Å². The van der Waals surface area contributed by atoms with Crippen LogP contribution in [0, 0.1) is 0 Å². The number of nitrogens with zero attached hydrogens (tertiary/aromatic N) is 1. The molecular formula is C6H12F3N3O. The monoisotopic (exact) mass is 199 g/mol. The summed E-state index contributed by atoms with van der Waals surface area (Å²) in [5.74, 6) is 4.12. The lowest BCUT2D eigenvalue weighted by atomic mass is 10.3. The van der Waals surface area contributed by atoms with Gasteiger partial charge in [-0.1, -0.05) is 0 Å². The molecule has 3 N–H and O–H groups in total. The maximum absolute atomic E-state index is 11.8. The Labute approximate surface area is 73.8 Å². The van der Waals surface area contributed by atoms with Crippen molar-refractivity contribution in [1.29, 1.82) is 0 Å². The third kappa shape index (κ3) is 4.69. The molecule has 0 fully saturated rings. The quantitative estimate of drug-likeness (QED) is 0.378. The van der Waals surface area contributed by atoms with Gasteiger partial charge in [0.1, 0.15) is 0 Å². The second-order valence-corrected chi connectivity index (χ2v) is 2.71. The predicted octanol–water partition coefficient (Wildman–Crippen LogP) is -0.141. The molecule has 0 bridgehead atoms. The maximum atomic E-state index is 11.8. The molecule has 0 radical (unpaired) electrons. The molecule has 0 aliphatic carbocycles. The Bertz CT molecular complexity index is 182. The Morgan fingerprint density at radius 2 is 2.08 bits per heavy atom. The summed E-state index contributed by atoms with van der Waals surface area (Å²) in [4.78, 5) is 11.7. The Hall–Kier alpha value is -0.820. The average molecular weight is 199 g/mol. The molecule has 0 aromatic heterocycles. The highest BCUT2D eigenvalue weighted by atomic mass is 19.4. The van der Waals surface area contributed by atoms with Gasteiger partial charge in [-0.05, 0) is 14.0 Å². The van der Waals surface area contributed by atoms with Gasteiger partial charge in [0.15, 0.2) is 0 Å². The van der Waals surface area contributed by atoms with Crippen molar-refractivity contribution in [3.05, 3.63) is 0 Å². The fourth-order valence-electron chi connectivity index (χ4n) is 0.740. The minimum Gasteiger partial charge on any atom is -0.293 e. The highest BCUT2D eigenvalue weighted by molar-refractivity contribution is 5.80. The van der Waals surface area contributed by atoms with Crippen molar-refractivity contribution in [3.8, 4) is 0 Å². The summed E-state index contributed by atoms with van der Waals surface area (Å²) in [6, 6.07) is -0.897. The first kappa shape index (κ1) is 12.2. The van der Waals surface area contributed by atoms with Gasteiger partial charge in [-0.2, -0.15) is 13.2 Å². The fraction of sp³-hybridized carbons (Fsp3) is 0.833. The molecule has 0 aliphatic heterocycles. The zero-order valence-electron chi connectivity index (χ0n) is 7.35. The van der Waals surface area contributed by atoms with Gasteiger partial charge in [0.05, 0.1) is 12.6 Å². The van der Waals surface area contributed by atoms with Crippen LogP contribution in [-0.4, -0.2) is 36.6 Å². The largest absolute Gasteiger partial charge is 0.401 e. The summed E-state index contributed by atoms with van der Waals surface area (Å²) in [7, 11) is 1.20. The summed E-state index contributed by atoms with van der Waals surface area (Å²) >= 11 is 0. The fourth-order valence-corrected chi connectivity index (χ4v) is 0.740. The first-order valence-electron chi connectivity index (χ1n) is 3.55. The number of carbonyl (C=O) groups is 1. The van der Waals surface area contributed by atoms with Crippen molar-refractivity contribution in [2.24, 2.45) is 5.84 Å². The van der Waals surface area contributed by atoms with Crippen molar-refractivity contribution >= 4 is 5.91 Å². The average Bonchev–Trinajstić information content (AvgIpc) is 1.98. The van der Waals surface area contributed by atoms with Gasteiger partial charge >= 0.3 is 6.18 Å². The molecule has 0 aliphatic rings. The van der Waals surface area contributed by atoms with Crippen LogP contribution < -0.4 is 11.3 Å². The summed E-state index contributed by atoms with van der Waals surface area (Å²) in [6.45, 7) is 0.204. The topological polar surface area (TPSA) is 58.4 Å². The Balaban J connectivity index is 4.11. The van der Waals surface area contributed by atoms with E-state index in [1.165, 1.54) is 14.0 Å². The third-order valence-electron chi connectivity index (χ3n) is 1.61. The van der Waals surface area contributed by atoms with E-state index in [-0.39, 0.29) is 0 Å². The van der Waals surface area contributed by atoms with Crippen LogP contribution in [0.25, 0.3) is 0 Å². The van der Waals surface area contributed by atoms with Crippen LogP contribution in [0.5, 0.6) is 0 Å². The van der Waals surface area contributed by atoms with Crippen LogP contribution in [0.2, 0.25) is 0 Å². The minimum atomic E-state index is -4.31. The molecule has 1 amide bonds. The van der Waals surface area contributed by atoms with Crippen molar-refractivity contribution in [2.75, 3.05) is 13.6 Å². The molecule has 0 aromatic rings.